The summed E-state index contributed by atoms with van der Waals surface area (Å²) >= 11 is 0. The van der Waals surface area contributed by atoms with Crippen molar-refractivity contribution in [3.63, 3.8) is 0 Å². The largest absolute Gasteiger partial charge is 0.396 e. The molecule has 0 aromatic heterocycles. The summed E-state index contributed by atoms with van der Waals surface area (Å²) in [5.41, 5.74) is -1.09. The topological polar surface area (TPSA) is 77.8 Å². The minimum atomic E-state index is -1.09. The van der Waals surface area contributed by atoms with Gasteiger partial charge in [-0.1, -0.05) is 0 Å². The van der Waals surface area contributed by atoms with Crippen LogP contribution in [0.1, 0.15) is 26.7 Å². The fraction of sp³-hybridized carbons (Fsp3) is 0.889. The van der Waals surface area contributed by atoms with Gasteiger partial charge < -0.3 is 15.3 Å². The number of carbonyl (C=O) groups is 1. The van der Waals surface area contributed by atoms with Crippen LogP contribution in [0, 0.1) is 5.41 Å². The Bertz CT molecular complexity index is 167. The lowest BCUT2D eigenvalue weighted by atomic mass is 9.76. The Labute approximate surface area is 78.2 Å². The molecule has 2 atom stereocenters. The van der Waals surface area contributed by atoms with Crippen molar-refractivity contribution in [2.24, 2.45) is 5.41 Å². The lowest BCUT2D eigenvalue weighted by Gasteiger charge is -2.31. The zero-order chi connectivity index (χ0) is 10.5. The Balaban J connectivity index is 4.55. The number of aliphatic hydroxyl groups is 3. The summed E-state index contributed by atoms with van der Waals surface area (Å²) in [6.07, 6.45) is -0.167. The first-order valence-electron chi connectivity index (χ1n) is 4.42. The number of hydrogen-bond donors (Lipinski definition) is 3. The number of rotatable bonds is 6. The van der Waals surface area contributed by atoms with Crippen molar-refractivity contribution in [3.05, 3.63) is 0 Å². The zero-order valence-corrected chi connectivity index (χ0v) is 8.16. The summed E-state index contributed by atoms with van der Waals surface area (Å²) in [4.78, 5) is 11.2. The van der Waals surface area contributed by atoms with Crippen LogP contribution in [-0.4, -0.2) is 40.4 Å². The Morgan fingerprint density at radius 3 is 2.23 bits per heavy atom. The second kappa shape index (κ2) is 5.32. The molecule has 0 aliphatic heterocycles. The molecule has 3 N–H and O–H groups in total. The highest BCUT2D eigenvalue weighted by molar-refractivity contribution is 5.83. The smallest absolute Gasteiger partial charge is 0.140 e. The molecule has 0 saturated carbocycles. The van der Waals surface area contributed by atoms with Crippen molar-refractivity contribution in [3.8, 4) is 0 Å². The number of aliphatic hydroxyl groups excluding tert-OH is 3. The second-order valence-corrected chi connectivity index (χ2v) is 3.37. The molecule has 13 heavy (non-hydrogen) atoms. The number of carbonyl (C=O) groups excluding carboxylic acids is 1. The Kier molecular flexibility index (Phi) is 5.13. The minimum Gasteiger partial charge on any atom is -0.396 e. The van der Waals surface area contributed by atoms with Gasteiger partial charge >= 0.3 is 0 Å². The van der Waals surface area contributed by atoms with Crippen molar-refractivity contribution in [2.75, 3.05) is 13.2 Å². The van der Waals surface area contributed by atoms with Crippen LogP contribution < -0.4 is 0 Å². The van der Waals surface area contributed by atoms with Crippen molar-refractivity contribution in [1.82, 2.24) is 0 Å². The van der Waals surface area contributed by atoms with E-state index in [1.807, 2.05) is 0 Å². The maximum Gasteiger partial charge on any atom is 0.140 e. The fourth-order valence-corrected chi connectivity index (χ4v) is 1.40. The third-order valence-electron chi connectivity index (χ3n) is 2.56. The average Bonchev–Trinajstić information content (AvgIpc) is 2.05. The number of hydrogen-bond acceptors (Lipinski definition) is 4. The van der Waals surface area contributed by atoms with Gasteiger partial charge in [-0.3, -0.25) is 4.79 Å². The fourth-order valence-electron chi connectivity index (χ4n) is 1.40. The molecular weight excluding hydrogens is 172 g/mol. The standard InChI is InChI=1S/C9H18O4/c1-7(12)9(6-11,8(2)13)4-3-5-10/h7,10-12H,3-6H2,1-2H3. The van der Waals surface area contributed by atoms with E-state index in [1.54, 1.807) is 0 Å². The maximum atomic E-state index is 11.2. The summed E-state index contributed by atoms with van der Waals surface area (Å²) in [7, 11) is 0. The van der Waals surface area contributed by atoms with Crippen molar-refractivity contribution < 1.29 is 20.1 Å². The van der Waals surface area contributed by atoms with Gasteiger partial charge in [0.05, 0.1) is 18.1 Å². The Hall–Kier alpha value is -0.450. The van der Waals surface area contributed by atoms with Gasteiger partial charge in [-0.15, -0.1) is 0 Å². The van der Waals surface area contributed by atoms with E-state index < -0.39 is 11.5 Å². The van der Waals surface area contributed by atoms with E-state index in [9.17, 15) is 9.90 Å². The monoisotopic (exact) mass is 190 g/mol. The first-order chi connectivity index (χ1) is 6.01. The van der Waals surface area contributed by atoms with Crippen molar-refractivity contribution >= 4 is 5.78 Å². The molecule has 0 aromatic rings. The van der Waals surface area contributed by atoms with E-state index in [1.165, 1.54) is 13.8 Å². The highest BCUT2D eigenvalue weighted by atomic mass is 16.3. The predicted molar refractivity (Wildman–Crippen MR) is 48.2 cm³/mol. The highest BCUT2D eigenvalue weighted by Crippen LogP contribution is 2.28. The van der Waals surface area contributed by atoms with Crippen LogP contribution in [-0.2, 0) is 4.79 Å². The summed E-state index contributed by atoms with van der Waals surface area (Å²) in [6, 6.07) is 0. The lowest BCUT2D eigenvalue weighted by molar-refractivity contribution is -0.137. The number of ketones is 1. The van der Waals surface area contributed by atoms with Crippen LogP contribution in [0.5, 0.6) is 0 Å². The van der Waals surface area contributed by atoms with Crippen LogP contribution in [0.15, 0.2) is 0 Å². The molecule has 0 radical (unpaired) electrons. The first kappa shape index (κ1) is 12.6. The molecule has 0 spiro atoms. The van der Waals surface area contributed by atoms with Gasteiger partial charge in [-0.2, -0.15) is 0 Å². The minimum absolute atomic E-state index is 0.0399. The molecule has 0 saturated heterocycles. The predicted octanol–water partition coefficient (Wildman–Crippen LogP) is -0.293. The van der Waals surface area contributed by atoms with Gasteiger partial charge in [-0.25, -0.2) is 0 Å². The van der Waals surface area contributed by atoms with E-state index in [0.717, 1.165) is 0 Å². The molecule has 4 nitrogen and oxygen atoms in total. The van der Waals surface area contributed by atoms with Crippen molar-refractivity contribution in [2.45, 2.75) is 32.8 Å². The first-order valence-corrected chi connectivity index (χ1v) is 4.42. The summed E-state index contributed by atoms with van der Waals surface area (Å²) in [6.45, 7) is 2.41. The van der Waals surface area contributed by atoms with Gasteiger partial charge in [0, 0.05) is 6.61 Å². The third-order valence-corrected chi connectivity index (χ3v) is 2.56. The van der Waals surface area contributed by atoms with Gasteiger partial charge in [0.2, 0.25) is 0 Å². The van der Waals surface area contributed by atoms with E-state index in [0.29, 0.717) is 12.8 Å². The van der Waals surface area contributed by atoms with Gasteiger partial charge in [0.1, 0.15) is 5.78 Å². The molecule has 0 rings (SSSR count). The molecule has 0 fully saturated rings. The molecule has 0 heterocycles. The van der Waals surface area contributed by atoms with E-state index in [-0.39, 0.29) is 19.0 Å². The molecule has 0 aliphatic rings. The average molecular weight is 190 g/mol. The number of Topliss-reactive ketones (excluding diaryl/α,β-unsaturated/α-hetero) is 1. The molecule has 0 amide bonds. The SMILES string of the molecule is CC(=O)C(CO)(CCCO)C(C)O. The Morgan fingerprint density at radius 2 is 2.00 bits per heavy atom. The van der Waals surface area contributed by atoms with Crippen LogP contribution in [0.4, 0.5) is 0 Å². The zero-order valence-electron chi connectivity index (χ0n) is 8.16. The highest BCUT2D eigenvalue weighted by Gasteiger charge is 2.38. The van der Waals surface area contributed by atoms with Gasteiger partial charge in [0.15, 0.2) is 0 Å². The summed E-state index contributed by atoms with van der Waals surface area (Å²) in [5.74, 6) is -0.238. The molecule has 0 aliphatic carbocycles. The van der Waals surface area contributed by atoms with Crippen LogP contribution >= 0.6 is 0 Å². The quantitative estimate of drug-likeness (QED) is 0.537. The van der Waals surface area contributed by atoms with Gasteiger partial charge in [-0.05, 0) is 26.7 Å². The third kappa shape index (κ3) is 2.76. The molecule has 2 unspecified atom stereocenters. The van der Waals surface area contributed by atoms with Crippen LogP contribution in [0.3, 0.4) is 0 Å². The van der Waals surface area contributed by atoms with Crippen LogP contribution in [0.2, 0.25) is 0 Å². The molecule has 0 aromatic carbocycles. The van der Waals surface area contributed by atoms with Crippen molar-refractivity contribution in [1.29, 1.82) is 0 Å². The van der Waals surface area contributed by atoms with E-state index >= 15 is 0 Å². The molecule has 78 valence electrons. The Morgan fingerprint density at radius 1 is 1.46 bits per heavy atom. The normalized spacial score (nSPS) is 17.9. The molecular formula is C9H18O4. The molecule has 0 bridgehead atoms. The molecule has 4 heteroatoms. The van der Waals surface area contributed by atoms with E-state index in [2.05, 4.69) is 0 Å². The van der Waals surface area contributed by atoms with Crippen LogP contribution in [0.25, 0.3) is 0 Å². The maximum absolute atomic E-state index is 11.2. The second-order valence-electron chi connectivity index (χ2n) is 3.37. The lowest BCUT2D eigenvalue weighted by Crippen LogP contribution is -2.43. The van der Waals surface area contributed by atoms with Gasteiger partial charge in [0.25, 0.3) is 0 Å². The summed E-state index contributed by atoms with van der Waals surface area (Å²) < 4.78 is 0. The summed E-state index contributed by atoms with van der Waals surface area (Å²) in [5, 5.41) is 27.1. The van der Waals surface area contributed by atoms with E-state index in [4.69, 9.17) is 10.2 Å².